The fourth-order valence-electron chi connectivity index (χ4n) is 1.10. The molecule has 0 fully saturated rings. The summed E-state index contributed by atoms with van der Waals surface area (Å²) in [6.07, 6.45) is 3.39. The number of nitrogens with zero attached hydrogens (tertiary/aromatic N) is 2. The molecule has 7 heteroatoms. The van der Waals surface area contributed by atoms with E-state index in [1.807, 2.05) is 11.5 Å². The van der Waals surface area contributed by atoms with Crippen LogP contribution in [0.5, 0.6) is 0 Å². The minimum absolute atomic E-state index is 0. The molecular formula is C8H15Cl2N3O2. The second-order valence-corrected chi connectivity index (χ2v) is 2.57. The minimum atomic E-state index is -0.792. The van der Waals surface area contributed by atoms with Gasteiger partial charge in [0.15, 0.2) is 6.04 Å². The number of carbonyl (C=O) groups excluding carboxylic acids is 1. The van der Waals surface area contributed by atoms with Crippen LogP contribution in [-0.2, 0) is 16.1 Å². The third-order valence-electron chi connectivity index (χ3n) is 1.82. The SMILES string of the molecule is CCn1ccnc1C(N)C(=O)OC.Cl.Cl. The molecule has 0 aliphatic rings. The largest absolute Gasteiger partial charge is 0.468 e. The molecule has 0 saturated heterocycles. The van der Waals surface area contributed by atoms with Crippen molar-refractivity contribution in [1.29, 1.82) is 0 Å². The van der Waals surface area contributed by atoms with Crippen LogP contribution in [0.15, 0.2) is 12.4 Å². The normalized spacial score (nSPS) is 10.9. The lowest BCUT2D eigenvalue weighted by Gasteiger charge is -2.10. The van der Waals surface area contributed by atoms with Gasteiger partial charge in [-0.25, -0.2) is 9.78 Å². The highest BCUT2D eigenvalue weighted by atomic mass is 35.5. The van der Waals surface area contributed by atoms with E-state index in [-0.39, 0.29) is 24.8 Å². The Morgan fingerprint density at radius 3 is 2.73 bits per heavy atom. The van der Waals surface area contributed by atoms with Crippen LogP contribution in [0.1, 0.15) is 18.8 Å². The van der Waals surface area contributed by atoms with Crippen molar-refractivity contribution in [2.75, 3.05) is 7.11 Å². The van der Waals surface area contributed by atoms with Crippen molar-refractivity contribution >= 4 is 30.8 Å². The van der Waals surface area contributed by atoms with Crippen molar-refractivity contribution < 1.29 is 9.53 Å². The van der Waals surface area contributed by atoms with E-state index in [2.05, 4.69) is 9.72 Å². The van der Waals surface area contributed by atoms with Gasteiger partial charge in [0.1, 0.15) is 5.82 Å². The lowest BCUT2D eigenvalue weighted by Crippen LogP contribution is -2.26. The third-order valence-corrected chi connectivity index (χ3v) is 1.82. The number of hydrogen-bond donors (Lipinski definition) is 1. The Bertz CT molecular complexity index is 304. The molecule has 1 heterocycles. The molecule has 1 aromatic heterocycles. The molecule has 5 nitrogen and oxygen atoms in total. The molecule has 88 valence electrons. The zero-order valence-electron chi connectivity index (χ0n) is 8.54. The summed E-state index contributed by atoms with van der Waals surface area (Å²) in [7, 11) is 1.31. The summed E-state index contributed by atoms with van der Waals surface area (Å²) < 4.78 is 6.33. The van der Waals surface area contributed by atoms with Crippen LogP contribution in [0.25, 0.3) is 0 Å². The summed E-state index contributed by atoms with van der Waals surface area (Å²) in [4.78, 5) is 15.1. The average Bonchev–Trinajstić information content (AvgIpc) is 2.62. The smallest absolute Gasteiger partial charge is 0.330 e. The van der Waals surface area contributed by atoms with Gasteiger partial charge >= 0.3 is 5.97 Å². The molecule has 0 amide bonds. The summed E-state index contributed by atoms with van der Waals surface area (Å²) >= 11 is 0. The first-order valence-corrected chi connectivity index (χ1v) is 4.05. The van der Waals surface area contributed by atoms with Gasteiger partial charge < -0.3 is 15.0 Å². The Kier molecular flexibility index (Phi) is 8.33. The molecule has 0 aromatic carbocycles. The van der Waals surface area contributed by atoms with Crippen molar-refractivity contribution in [1.82, 2.24) is 9.55 Å². The lowest BCUT2D eigenvalue weighted by molar-refractivity contribution is -0.142. The number of carbonyl (C=O) groups is 1. The van der Waals surface area contributed by atoms with Crippen LogP contribution in [0.3, 0.4) is 0 Å². The van der Waals surface area contributed by atoms with E-state index in [9.17, 15) is 4.79 Å². The van der Waals surface area contributed by atoms with Crippen molar-refractivity contribution in [3.8, 4) is 0 Å². The van der Waals surface area contributed by atoms with Crippen LogP contribution in [0, 0.1) is 0 Å². The zero-order chi connectivity index (χ0) is 9.84. The van der Waals surface area contributed by atoms with Crippen LogP contribution < -0.4 is 5.73 Å². The van der Waals surface area contributed by atoms with Gasteiger partial charge in [-0.2, -0.15) is 0 Å². The number of hydrogen-bond acceptors (Lipinski definition) is 4. The topological polar surface area (TPSA) is 70.1 Å². The van der Waals surface area contributed by atoms with Gasteiger partial charge in [-0.05, 0) is 6.92 Å². The van der Waals surface area contributed by atoms with Crippen LogP contribution >= 0.6 is 24.8 Å². The molecule has 1 unspecified atom stereocenters. The number of nitrogens with two attached hydrogens (primary N) is 1. The van der Waals surface area contributed by atoms with Gasteiger partial charge in [-0.1, -0.05) is 0 Å². The molecule has 0 saturated carbocycles. The molecule has 1 atom stereocenters. The van der Waals surface area contributed by atoms with Gasteiger partial charge in [-0.15, -0.1) is 24.8 Å². The van der Waals surface area contributed by atoms with E-state index in [1.54, 1.807) is 12.4 Å². The summed E-state index contributed by atoms with van der Waals surface area (Å²) in [5.41, 5.74) is 5.61. The summed E-state index contributed by atoms with van der Waals surface area (Å²) in [5, 5.41) is 0. The molecule has 0 aliphatic heterocycles. The van der Waals surface area contributed by atoms with Crippen molar-refractivity contribution in [3.05, 3.63) is 18.2 Å². The maximum Gasteiger partial charge on any atom is 0.330 e. The molecule has 1 aromatic rings. The molecule has 0 aliphatic carbocycles. The molecule has 0 bridgehead atoms. The van der Waals surface area contributed by atoms with Gasteiger partial charge in [0, 0.05) is 18.9 Å². The predicted molar refractivity (Wildman–Crippen MR) is 61.3 cm³/mol. The molecular weight excluding hydrogens is 241 g/mol. The minimum Gasteiger partial charge on any atom is -0.468 e. The number of aryl methyl sites for hydroxylation is 1. The molecule has 0 spiro atoms. The Labute approximate surface area is 101 Å². The van der Waals surface area contributed by atoms with Crippen LogP contribution in [-0.4, -0.2) is 22.6 Å². The van der Waals surface area contributed by atoms with Gasteiger partial charge in [0.25, 0.3) is 0 Å². The van der Waals surface area contributed by atoms with E-state index in [0.717, 1.165) is 6.54 Å². The maximum absolute atomic E-state index is 11.1. The Morgan fingerprint density at radius 2 is 2.27 bits per heavy atom. The van der Waals surface area contributed by atoms with Gasteiger partial charge in [0.05, 0.1) is 7.11 Å². The number of esters is 1. The maximum atomic E-state index is 11.1. The van der Waals surface area contributed by atoms with E-state index in [4.69, 9.17) is 5.73 Å². The number of aromatic nitrogens is 2. The third kappa shape index (κ3) is 3.70. The molecule has 2 N–H and O–H groups in total. The van der Waals surface area contributed by atoms with Crippen LogP contribution in [0.4, 0.5) is 0 Å². The van der Waals surface area contributed by atoms with Gasteiger partial charge in [0.2, 0.25) is 0 Å². The van der Waals surface area contributed by atoms with E-state index in [0.29, 0.717) is 5.82 Å². The Morgan fingerprint density at radius 1 is 1.67 bits per heavy atom. The van der Waals surface area contributed by atoms with E-state index < -0.39 is 12.0 Å². The Hall–Kier alpha value is -0.780. The fraction of sp³-hybridized carbons (Fsp3) is 0.500. The fourth-order valence-corrected chi connectivity index (χ4v) is 1.10. The quantitative estimate of drug-likeness (QED) is 0.816. The van der Waals surface area contributed by atoms with Crippen molar-refractivity contribution in [2.24, 2.45) is 5.73 Å². The van der Waals surface area contributed by atoms with E-state index >= 15 is 0 Å². The van der Waals surface area contributed by atoms with Gasteiger partial charge in [-0.3, -0.25) is 0 Å². The standard InChI is InChI=1S/C8H13N3O2.2ClH/c1-3-11-5-4-10-7(11)6(9)8(12)13-2;;/h4-6H,3,9H2,1-2H3;2*1H. The zero-order valence-corrected chi connectivity index (χ0v) is 10.2. The van der Waals surface area contributed by atoms with Crippen LogP contribution in [0.2, 0.25) is 0 Å². The van der Waals surface area contributed by atoms with Crippen molar-refractivity contribution in [2.45, 2.75) is 19.5 Å². The number of imidazole rings is 1. The Balaban J connectivity index is 0. The summed E-state index contributed by atoms with van der Waals surface area (Å²) in [6, 6.07) is -0.792. The second kappa shape index (κ2) is 7.50. The lowest BCUT2D eigenvalue weighted by atomic mass is 10.3. The number of ether oxygens (including phenoxy) is 1. The first-order chi connectivity index (χ1) is 6.20. The number of methoxy groups -OCH3 is 1. The van der Waals surface area contributed by atoms with E-state index in [1.165, 1.54) is 7.11 Å². The monoisotopic (exact) mass is 255 g/mol. The first-order valence-electron chi connectivity index (χ1n) is 4.05. The second-order valence-electron chi connectivity index (χ2n) is 2.57. The molecule has 1 rings (SSSR count). The molecule has 15 heavy (non-hydrogen) atoms. The highest BCUT2D eigenvalue weighted by Gasteiger charge is 2.20. The highest BCUT2D eigenvalue weighted by molar-refractivity contribution is 5.85. The predicted octanol–water partition coefficient (Wildman–Crippen LogP) is 0.919. The summed E-state index contributed by atoms with van der Waals surface area (Å²) in [6.45, 7) is 2.69. The summed E-state index contributed by atoms with van der Waals surface area (Å²) in [5.74, 6) is 0.0650. The number of halogens is 2. The highest BCUT2D eigenvalue weighted by Crippen LogP contribution is 2.08. The molecule has 0 radical (unpaired) electrons. The van der Waals surface area contributed by atoms with Crippen molar-refractivity contribution in [3.63, 3.8) is 0 Å². The first kappa shape index (κ1) is 16.6. The number of rotatable bonds is 3. The average molecular weight is 256 g/mol.